The van der Waals surface area contributed by atoms with Gasteiger partial charge in [0.2, 0.25) is 0 Å². The normalized spacial score (nSPS) is 14.1. The lowest BCUT2D eigenvalue weighted by Gasteiger charge is -2.32. The zero-order valence-corrected chi connectivity index (χ0v) is 19.4. The zero-order valence-electron chi connectivity index (χ0n) is 18.7. The standard InChI is InChI=1S/C26H26ClN3O3/c1-17-9-10-23(25(31)29-21-7-4-8-22(16-21)33-2)24(28-17)18-11-13-30(14-12-18)26(32)19-5-3-6-20(27)15-19/h3-10,15-16,18H,11-14H2,1-2H3,(H,29,31). The molecular weight excluding hydrogens is 438 g/mol. The van der Waals surface area contributed by atoms with Gasteiger partial charge in [-0.15, -0.1) is 0 Å². The molecule has 0 saturated carbocycles. The van der Waals surface area contributed by atoms with E-state index in [1.807, 2.05) is 42.2 Å². The van der Waals surface area contributed by atoms with E-state index in [0.717, 1.165) is 24.2 Å². The minimum atomic E-state index is -0.205. The third-order valence-corrected chi connectivity index (χ3v) is 6.11. The van der Waals surface area contributed by atoms with Gasteiger partial charge in [0, 0.05) is 47.0 Å². The molecule has 1 fully saturated rings. The number of pyridine rings is 1. The molecule has 1 aromatic heterocycles. The molecule has 0 bridgehead atoms. The van der Waals surface area contributed by atoms with Crippen molar-refractivity contribution < 1.29 is 14.3 Å². The molecule has 0 spiro atoms. The first-order valence-corrected chi connectivity index (χ1v) is 11.3. The molecule has 1 N–H and O–H groups in total. The molecule has 170 valence electrons. The van der Waals surface area contributed by atoms with Crippen molar-refractivity contribution in [2.45, 2.75) is 25.7 Å². The molecule has 2 heterocycles. The minimum absolute atomic E-state index is 0.0239. The first kappa shape index (κ1) is 22.8. The highest BCUT2D eigenvalue weighted by Gasteiger charge is 2.28. The van der Waals surface area contributed by atoms with Gasteiger partial charge in [-0.1, -0.05) is 23.7 Å². The second-order valence-electron chi connectivity index (χ2n) is 8.15. The van der Waals surface area contributed by atoms with E-state index in [1.165, 1.54) is 0 Å². The highest BCUT2D eigenvalue weighted by atomic mass is 35.5. The van der Waals surface area contributed by atoms with E-state index >= 15 is 0 Å². The summed E-state index contributed by atoms with van der Waals surface area (Å²) in [6.45, 7) is 3.12. The molecule has 2 amide bonds. The fraction of sp³-hybridized carbons (Fsp3) is 0.269. The molecule has 3 aromatic rings. The van der Waals surface area contributed by atoms with Crippen LogP contribution in [-0.2, 0) is 0 Å². The van der Waals surface area contributed by atoms with E-state index in [-0.39, 0.29) is 17.7 Å². The number of aryl methyl sites for hydroxylation is 1. The lowest BCUT2D eigenvalue weighted by Crippen LogP contribution is -2.38. The average molecular weight is 464 g/mol. The second kappa shape index (κ2) is 10.0. The molecule has 6 nitrogen and oxygen atoms in total. The number of nitrogens with one attached hydrogen (secondary N) is 1. The maximum Gasteiger partial charge on any atom is 0.257 e. The Morgan fingerprint density at radius 2 is 1.82 bits per heavy atom. The van der Waals surface area contributed by atoms with Crippen molar-refractivity contribution in [2.75, 3.05) is 25.5 Å². The Bertz CT molecular complexity index is 1170. The van der Waals surface area contributed by atoms with Crippen molar-refractivity contribution in [2.24, 2.45) is 0 Å². The Balaban J connectivity index is 1.49. The van der Waals surface area contributed by atoms with Gasteiger partial charge in [0.1, 0.15) is 5.75 Å². The van der Waals surface area contributed by atoms with E-state index in [4.69, 9.17) is 21.3 Å². The molecule has 0 unspecified atom stereocenters. The van der Waals surface area contributed by atoms with Crippen LogP contribution in [-0.4, -0.2) is 41.9 Å². The quantitative estimate of drug-likeness (QED) is 0.555. The fourth-order valence-corrected chi connectivity index (χ4v) is 4.33. The van der Waals surface area contributed by atoms with Gasteiger partial charge in [-0.25, -0.2) is 0 Å². The first-order chi connectivity index (χ1) is 15.9. The third kappa shape index (κ3) is 5.34. The highest BCUT2D eigenvalue weighted by molar-refractivity contribution is 6.30. The Kier molecular flexibility index (Phi) is 6.94. The van der Waals surface area contributed by atoms with Crippen LogP contribution in [0.2, 0.25) is 5.02 Å². The molecule has 2 aromatic carbocycles. The van der Waals surface area contributed by atoms with E-state index in [0.29, 0.717) is 40.7 Å². The van der Waals surface area contributed by atoms with Crippen LogP contribution in [0, 0.1) is 6.92 Å². The van der Waals surface area contributed by atoms with E-state index in [9.17, 15) is 9.59 Å². The Morgan fingerprint density at radius 3 is 2.55 bits per heavy atom. The number of amides is 2. The number of piperidine rings is 1. The van der Waals surface area contributed by atoms with Crippen molar-refractivity contribution in [3.05, 3.63) is 88.2 Å². The number of hydrogen-bond acceptors (Lipinski definition) is 4. The number of aromatic nitrogens is 1. The van der Waals surface area contributed by atoms with Gasteiger partial charge in [0.05, 0.1) is 18.4 Å². The summed E-state index contributed by atoms with van der Waals surface area (Å²) in [5.41, 5.74) is 3.45. The van der Waals surface area contributed by atoms with Gasteiger partial charge >= 0.3 is 0 Å². The number of carbonyl (C=O) groups excluding carboxylic acids is 2. The SMILES string of the molecule is COc1cccc(NC(=O)c2ccc(C)nc2C2CCN(C(=O)c3cccc(Cl)c3)CC2)c1. The molecule has 4 rings (SSSR count). The van der Waals surface area contributed by atoms with Crippen molar-refractivity contribution in [3.8, 4) is 5.75 Å². The molecule has 1 saturated heterocycles. The Hall–Kier alpha value is -3.38. The van der Waals surface area contributed by atoms with Crippen LogP contribution in [0.1, 0.15) is 50.9 Å². The number of anilines is 1. The topological polar surface area (TPSA) is 71.5 Å². The van der Waals surface area contributed by atoms with Crippen LogP contribution in [0.3, 0.4) is 0 Å². The van der Waals surface area contributed by atoms with Gasteiger partial charge in [-0.3, -0.25) is 14.6 Å². The minimum Gasteiger partial charge on any atom is -0.497 e. The Morgan fingerprint density at radius 1 is 1.06 bits per heavy atom. The van der Waals surface area contributed by atoms with Gasteiger partial charge in [-0.2, -0.15) is 0 Å². The lowest BCUT2D eigenvalue weighted by molar-refractivity contribution is 0.0711. The monoisotopic (exact) mass is 463 g/mol. The van der Waals surface area contributed by atoms with Crippen molar-refractivity contribution in [1.29, 1.82) is 0 Å². The third-order valence-electron chi connectivity index (χ3n) is 5.88. The largest absolute Gasteiger partial charge is 0.497 e. The number of ether oxygens (including phenoxy) is 1. The number of carbonyl (C=O) groups is 2. The lowest BCUT2D eigenvalue weighted by atomic mass is 9.89. The van der Waals surface area contributed by atoms with Crippen LogP contribution in [0.4, 0.5) is 5.69 Å². The smallest absolute Gasteiger partial charge is 0.257 e. The van der Waals surface area contributed by atoms with Crippen LogP contribution >= 0.6 is 11.6 Å². The van der Waals surface area contributed by atoms with E-state index < -0.39 is 0 Å². The summed E-state index contributed by atoms with van der Waals surface area (Å²) in [4.78, 5) is 32.5. The predicted octanol–water partition coefficient (Wildman–Crippen LogP) is 5.32. The number of rotatable bonds is 5. The molecule has 0 radical (unpaired) electrons. The number of nitrogens with zero attached hydrogens (tertiary/aromatic N) is 2. The van der Waals surface area contributed by atoms with E-state index in [2.05, 4.69) is 5.32 Å². The summed E-state index contributed by atoms with van der Waals surface area (Å²) in [6, 6.07) is 17.9. The summed E-state index contributed by atoms with van der Waals surface area (Å²) in [5.74, 6) is 0.540. The summed E-state index contributed by atoms with van der Waals surface area (Å²) in [5, 5.41) is 3.50. The zero-order chi connectivity index (χ0) is 23.4. The fourth-order valence-electron chi connectivity index (χ4n) is 4.14. The molecule has 7 heteroatoms. The summed E-state index contributed by atoms with van der Waals surface area (Å²) < 4.78 is 5.24. The average Bonchev–Trinajstić information content (AvgIpc) is 2.83. The molecule has 1 aliphatic heterocycles. The summed E-state index contributed by atoms with van der Waals surface area (Å²) in [7, 11) is 1.59. The van der Waals surface area contributed by atoms with Gasteiger partial charge in [0.25, 0.3) is 11.8 Å². The van der Waals surface area contributed by atoms with Crippen molar-refractivity contribution >= 4 is 29.1 Å². The number of hydrogen-bond donors (Lipinski definition) is 1. The Labute approximate surface area is 198 Å². The van der Waals surface area contributed by atoms with Crippen molar-refractivity contribution in [3.63, 3.8) is 0 Å². The van der Waals surface area contributed by atoms with Crippen LogP contribution in [0.25, 0.3) is 0 Å². The van der Waals surface area contributed by atoms with Crippen LogP contribution in [0.15, 0.2) is 60.7 Å². The highest BCUT2D eigenvalue weighted by Crippen LogP contribution is 2.31. The van der Waals surface area contributed by atoms with Crippen LogP contribution in [0.5, 0.6) is 5.75 Å². The number of likely N-dealkylation sites (tertiary alicyclic amines) is 1. The summed E-state index contributed by atoms with van der Waals surface area (Å²) in [6.07, 6.45) is 1.48. The maximum absolute atomic E-state index is 13.1. The van der Waals surface area contributed by atoms with Gasteiger partial charge < -0.3 is 15.0 Å². The number of benzene rings is 2. The van der Waals surface area contributed by atoms with Gasteiger partial charge in [0.15, 0.2) is 0 Å². The van der Waals surface area contributed by atoms with E-state index in [1.54, 1.807) is 37.4 Å². The second-order valence-corrected chi connectivity index (χ2v) is 8.58. The van der Waals surface area contributed by atoms with Crippen molar-refractivity contribution in [1.82, 2.24) is 9.88 Å². The molecule has 0 aliphatic carbocycles. The first-order valence-electron chi connectivity index (χ1n) is 10.9. The predicted molar refractivity (Wildman–Crippen MR) is 129 cm³/mol. The maximum atomic E-state index is 13.1. The number of methoxy groups -OCH3 is 1. The molecule has 1 aliphatic rings. The molecular formula is C26H26ClN3O3. The number of halogens is 1. The van der Waals surface area contributed by atoms with Crippen LogP contribution < -0.4 is 10.1 Å². The molecule has 0 atom stereocenters. The summed E-state index contributed by atoms with van der Waals surface area (Å²) >= 11 is 6.04. The van der Waals surface area contributed by atoms with Gasteiger partial charge in [-0.05, 0) is 62.2 Å². The molecule has 33 heavy (non-hydrogen) atoms.